The minimum Gasteiger partial charge on any atom is -0.507 e. The van der Waals surface area contributed by atoms with Crippen LogP contribution in [0.1, 0.15) is 48.7 Å². The van der Waals surface area contributed by atoms with E-state index in [-0.39, 0.29) is 35.0 Å². The highest BCUT2D eigenvalue weighted by molar-refractivity contribution is 6.03. The molecule has 0 radical (unpaired) electrons. The van der Waals surface area contributed by atoms with Crippen LogP contribution in [0.2, 0.25) is 0 Å². The van der Waals surface area contributed by atoms with Crippen molar-refractivity contribution in [3.8, 4) is 17.2 Å². The molecule has 0 bridgehead atoms. The molecule has 3 rings (SSSR count). The predicted molar refractivity (Wildman–Crippen MR) is 96.3 cm³/mol. The Balaban J connectivity index is 2.06. The summed E-state index contributed by atoms with van der Waals surface area (Å²) in [5.74, 6) is -0.228. The number of rotatable bonds is 3. The Hall–Kier alpha value is -2.75. The van der Waals surface area contributed by atoms with Gasteiger partial charge in [0.05, 0.1) is 6.42 Å². The summed E-state index contributed by atoms with van der Waals surface area (Å²) in [5, 5.41) is 20.9. The molecule has 0 aliphatic carbocycles. The van der Waals surface area contributed by atoms with Crippen molar-refractivity contribution in [2.45, 2.75) is 39.2 Å². The highest BCUT2D eigenvalue weighted by Gasteiger charge is 2.40. The van der Waals surface area contributed by atoms with Gasteiger partial charge in [-0.2, -0.15) is 0 Å². The molecule has 1 aliphatic heterocycles. The molecule has 130 valence electrons. The lowest BCUT2D eigenvalue weighted by Crippen LogP contribution is -2.36. The average Bonchev–Trinajstić information content (AvgIpc) is 2.54. The van der Waals surface area contributed by atoms with Crippen molar-refractivity contribution in [3.63, 3.8) is 0 Å². The maximum absolute atomic E-state index is 12.8. The number of phenols is 2. The Morgan fingerprint density at radius 1 is 1.24 bits per heavy atom. The second-order valence-corrected chi connectivity index (χ2v) is 6.88. The molecule has 1 atom stereocenters. The molecule has 2 aromatic carbocycles. The van der Waals surface area contributed by atoms with Crippen molar-refractivity contribution in [2.75, 3.05) is 0 Å². The molecular formula is C21H22O4. The minimum atomic E-state index is -0.828. The average molecular weight is 338 g/mol. The lowest BCUT2D eigenvalue weighted by Gasteiger charge is -2.36. The van der Waals surface area contributed by atoms with Crippen LogP contribution in [-0.4, -0.2) is 16.0 Å². The van der Waals surface area contributed by atoms with Crippen LogP contribution in [0.15, 0.2) is 48.0 Å². The van der Waals surface area contributed by atoms with Crippen molar-refractivity contribution >= 4 is 5.78 Å². The Morgan fingerprint density at radius 3 is 2.56 bits per heavy atom. The first-order valence-corrected chi connectivity index (χ1v) is 8.31. The predicted octanol–water partition coefficient (Wildman–Crippen LogP) is 4.49. The number of fused-ring (bicyclic) bond motifs is 1. The van der Waals surface area contributed by atoms with E-state index < -0.39 is 5.60 Å². The maximum Gasteiger partial charge on any atom is 0.174 e. The van der Waals surface area contributed by atoms with Crippen molar-refractivity contribution in [2.24, 2.45) is 0 Å². The van der Waals surface area contributed by atoms with Crippen LogP contribution in [0, 0.1) is 0 Å². The first kappa shape index (κ1) is 17.1. The molecule has 4 nitrogen and oxygen atoms in total. The molecule has 0 spiro atoms. The van der Waals surface area contributed by atoms with E-state index in [1.165, 1.54) is 6.07 Å². The Bertz CT molecular complexity index is 848. The first-order valence-electron chi connectivity index (χ1n) is 8.31. The number of carbonyl (C=O) groups excluding carboxylic acids is 1. The summed E-state index contributed by atoms with van der Waals surface area (Å²) >= 11 is 0. The third-order valence-corrected chi connectivity index (χ3v) is 4.56. The van der Waals surface area contributed by atoms with Gasteiger partial charge in [0.25, 0.3) is 0 Å². The van der Waals surface area contributed by atoms with E-state index in [0.29, 0.717) is 12.0 Å². The fourth-order valence-electron chi connectivity index (χ4n) is 3.15. The molecule has 1 heterocycles. The molecule has 0 saturated carbocycles. The number of phenolic OH excluding ortho intramolecular Hbond substituents is 2. The topological polar surface area (TPSA) is 66.8 Å². The molecule has 0 amide bonds. The zero-order valence-electron chi connectivity index (χ0n) is 14.7. The number of ketones is 1. The maximum atomic E-state index is 12.8. The molecule has 0 fully saturated rings. The summed E-state index contributed by atoms with van der Waals surface area (Å²) in [7, 11) is 0. The van der Waals surface area contributed by atoms with Crippen LogP contribution in [-0.2, 0) is 12.0 Å². The van der Waals surface area contributed by atoms with E-state index in [1.807, 2.05) is 57.2 Å². The zero-order valence-corrected chi connectivity index (χ0v) is 14.7. The summed E-state index contributed by atoms with van der Waals surface area (Å²) in [4.78, 5) is 12.8. The zero-order chi connectivity index (χ0) is 18.2. The van der Waals surface area contributed by atoms with Crippen molar-refractivity contribution in [1.82, 2.24) is 0 Å². The van der Waals surface area contributed by atoms with Gasteiger partial charge in [0, 0.05) is 11.6 Å². The lowest BCUT2D eigenvalue weighted by molar-refractivity contribution is 0.0496. The summed E-state index contributed by atoms with van der Waals surface area (Å²) in [6.45, 7) is 5.71. The van der Waals surface area contributed by atoms with Gasteiger partial charge in [-0.25, -0.2) is 0 Å². The van der Waals surface area contributed by atoms with Gasteiger partial charge in [-0.05, 0) is 32.8 Å². The third kappa shape index (κ3) is 3.12. The molecule has 1 unspecified atom stereocenters. The molecule has 4 heteroatoms. The molecule has 0 saturated heterocycles. The van der Waals surface area contributed by atoms with Gasteiger partial charge >= 0.3 is 0 Å². The smallest absolute Gasteiger partial charge is 0.174 e. The third-order valence-electron chi connectivity index (χ3n) is 4.56. The fourth-order valence-corrected chi connectivity index (χ4v) is 3.15. The SMILES string of the molecule is CC(C)=CCc1c(O)cc2c(c1O)C(=O)CC(C)(c1ccccc1)O2. The monoisotopic (exact) mass is 338 g/mol. The summed E-state index contributed by atoms with van der Waals surface area (Å²) in [6, 6.07) is 10.9. The van der Waals surface area contributed by atoms with E-state index in [9.17, 15) is 15.0 Å². The Labute approximate surface area is 147 Å². The first-order chi connectivity index (χ1) is 11.8. The van der Waals surface area contributed by atoms with E-state index in [4.69, 9.17) is 4.74 Å². The largest absolute Gasteiger partial charge is 0.507 e. The second-order valence-electron chi connectivity index (χ2n) is 6.88. The van der Waals surface area contributed by atoms with Gasteiger partial charge in [0.15, 0.2) is 5.78 Å². The van der Waals surface area contributed by atoms with Crippen molar-refractivity contribution in [1.29, 1.82) is 0 Å². The fraction of sp³-hybridized carbons (Fsp3) is 0.286. The van der Waals surface area contributed by atoms with Crippen LogP contribution in [0.4, 0.5) is 0 Å². The van der Waals surface area contributed by atoms with Gasteiger partial charge in [0.2, 0.25) is 0 Å². The number of hydrogen-bond acceptors (Lipinski definition) is 4. The van der Waals surface area contributed by atoms with Crippen LogP contribution in [0.3, 0.4) is 0 Å². The molecule has 0 aromatic heterocycles. The lowest BCUT2D eigenvalue weighted by atomic mass is 9.84. The summed E-state index contributed by atoms with van der Waals surface area (Å²) < 4.78 is 6.06. The molecule has 2 N–H and O–H groups in total. The molecular weight excluding hydrogens is 316 g/mol. The van der Waals surface area contributed by atoms with Crippen molar-refractivity contribution < 1.29 is 19.7 Å². The van der Waals surface area contributed by atoms with Gasteiger partial charge in [-0.15, -0.1) is 0 Å². The van der Waals surface area contributed by atoms with E-state index in [1.54, 1.807) is 0 Å². The normalized spacial score (nSPS) is 19.1. The number of allylic oxidation sites excluding steroid dienone is 2. The number of ether oxygens (including phenoxy) is 1. The number of hydrogen-bond donors (Lipinski definition) is 2. The quantitative estimate of drug-likeness (QED) is 0.809. The Morgan fingerprint density at radius 2 is 1.92 bits per heavy atom. The van der Waals surface area contributed by atoms with Crippen LogP contribution >= 0.6 is 0 Å². The standard InChI is InChI=1S/C21H22O4/c1-13(2)9-10-15-16(22)11-18-19(20(15)24)17(23)12-21(3,25-18)14-7-5-4-6-8-14/h4-9,11,22,24H,10,12H2,1-3H3. The van der Waals surface area contributed by atoms with Crippen molar-refractivity contribution in [3.05, 3.63) is 64.7 Å². The van der Waals surface area contributed by atoms with Gasteiger partial charge in [-0.1, -0.05) is 42.0 Å². The number of carbonyl (C=O) groups is 1. The van der Waals surface area contributed by atoms with Crippen LogP contribution in [0.5, 0.6) is 17.2 Å². The number of aromatic hydroxyl groups is 2. The number of Topliss-reactive ketones (excluding diaryl/α,β-unsaturated/α-hetero) is 1. The molecule has 1 aliphatic rings. The minimum absolute atomic E-state index is 0.0705. The highest BCUT2D eigenvalue weighted by Crippen LogP contribution is 2.46. The Kier molecular flexibility index (Phi) is 4.29. The van der Waals surface area contributed by atoms with Crippen LogP contribution < -0.4 is 4.74 Å². The van der Waals surface area contributed by atoms with Crippen LogP contribution in [0.25, 0.3) is 0 Å². The van der Waals surface area contributed by atoms with E-state index in [2.05, 4.69) is 0 Å². The molecule has 2 aromatic rings. The van der Waals surface area contributed by atoms with E-state index in [0.717, 1.165) is 11.1 Å². The highest BCUT2D eigenvalue weighted by atomic mass is 16.5. The summed E-state index contributed by atoms with van der Waals surface area (Å²) in [5.41, 5.74) is 1.62. The van der Waals surface area contributed by atoms with E-state index >= 15 is 0 Å². The van der Waals surface area contributed by atoms with Gasteiger partial charge < -0.3 is 14.9 Å². The second kappa shape index (κ2) is 6.28. The van der Waals surface area contributed by atoms with Gasteiger partial charge in [0.1, 0.15) is 28.4 Å². The van der Waals surface area contributed by atoms with Gasteiger partial charge in [-0.3, -0.25) is 4.79 Å². The summed E-state index contributed by atoms with van der Waals surface area (Å²) in [6.07, 6.45) is 2.38. The molecule has 25 heavy (non-hydrogen) atoms. The number of benzene rings is 2.